The lowest BCUT2D eigenvalue weighted by atomic mass is 10.3. The quantitative estimate of drug-likeness (QED) is 0.499. The highest BCUT2D eigenvalue weighted by atomic mass is 16.4. The summed E-state index contributed by atoms with van der Waals surface area (Å²) >= 11 is 0. The minimum absolute atomic E-state index is 0.0671. The van der Waals surface area contributed by atoms with Gasteiger partial charge in [0.15, 0.2) is 5.82 Å². The van der Waals surface area contributed by atoms with Gasteiger partial charge in [-0.2, -0.15) is 5.10 Å². The summed E-state index contributed by atoms with van der Waals surface area (Å²) in [5.41, 5.74) is 1.91. The Bertz CT molecular complexity index is 318. The summed E-state index contributed by atoms with van der Waals surface area (Å²) in [6.07, 6.45) is 1.13. The molecule has 0 amide bonds. The molecule has 0 saturated carbocycles. The first-order valence-corrected chi connectivity index (χ1v) is 3.00. The van der Waals surface area contributed by atoms with Crippen LogP contribution >= 0.6 is 0 Å². The van der Waals surface area contributed by atoms with E-state index >= 15 is 0 Å². The lowest BCUT2D eigenvalue weighted by molar-refractivity contribution is 0.0698. The van der Waals surface area contributed by atoms with Gasteiger partial charge in [0.2, 0.25) is 0 Å². The molecule has 0 spiro atoms. The smallest absolute Gasteiger partial charge is 0.341 e. The molecule has 0 fully saturated rings. The number of aryl methyl sites for hydroxylation is 1. The molecule has 0 atom stereocenters. The average Bonchev–Trinajstić information content (AvgIpc) is 2.34. The number of nitrogens with one attached hydrogen (secondary N) is 1. The third-order valence-corrected chi connectivity index (χ3v) is 1.32. The fourth-order valence-corrected chi connectivity index (χ4v) is 0.770. The van der Waals surface area contributed by atoms with E-state index in [9.17, 15) is 9.70 Å². The molecule has 0 bridgehead atoms. The molecule has 0 aliphatic carbocycles. The Morgan fingerprint density at radius 1 is 1.83 bits per heavy atom. The van der Waals surface area contributed by atoms with E-state index in [0.29, 0.717) is 0 Å². The maximum Gasteiger partial charge on any atom is 0.341 e. The molecule has 1 rings (SSSR count). The fourth-order valence-electron chi connectivity index (χ4n) is 0.770. The van der Waals surface area contributed by atoms with Crippen molar-refractivity contribution in [1.29, 1.82) is 0 Å². The Labute approximate surface area is 66.9 Å². The summed E-state index contributed by atoms with van der Waals surface area (Å²) in [6, 6.07) is 0. The van der Waals surface area contributed by atoms with Crippen LogP contribution < -0.4 is 5.43 Å². The normalized spacial score (nSPS) is 9.42. The van der Waals surface area contributed by atoms with Crippen LogP contribution in [0.15, 0.2) is 11.5 Å². The summed E-state index contributed by atoms with van der Waals surface area (Å²) < 4.78 is 1.21. The summed E-state index contributed by atoms with van der Waals surface area (Å²) in [6.45, 7) is 0. The molecule has 0 aliphatic heterocycles. The lowest BCUT2D eigenvalue weighted by Crippen LogP contribution is -2.03. The zero-order chi connectivity index (χ0) is 9.14. The number of aromatic carboxylic acids is 1. The highest BCUT2D eigenvalue weighted by molar-refractivity contribution is 5.92. The van der Waals surface area contributed by atoms with E-state index in [1.807, 2.05) is 5.43 Å². The molecule has 64 valence electrons. The van der Waals surface area contributed by atoms with Crippen molar-refractivity contribution in [2.75, 3.05) is 5.43 Å². The van der Waals surface area contributed by atoms with Crippen molar-refractivity contribution in [1.82, 2.24) is 9.78 Å². The summed E-state index contributed by atoms with van der Waals surface area (Å²) in [5, 5.41) is 14.6. The van der Waals surface area contributed by atoms with Gasteiger partial charge >= 0.3 is 5.97 Å². The Kier molecular flexibility index (Phi) is 2.04. The second-order valence-electron chi connectivity index (χ2n) is 2.04. The fraction of sp³-hybridized carbons (Fsp3) is 0.200. The van der Waals surface area contributed by atoms with Gasteiger partial charge in [-0.15, -0.1) is 4.91 Å². The highest BCUT2D eigenvalue weighted by Crippen LogP contribution is 2.13. The molecule has 0 radical (unpaired) electrons. The van der Waals surface area contributed by atoms with Crippen molar-refractivity contribution < 1.29 is 9.90 Å². The number of carboxylic acid groups (broad SMARTS) is 1. The van der Waals surface area contributed by atoms with Gasteiger partial charge < -0.3 is 5.11 Å². The van der Waals surface area contributed by atoms with E-state index in [4.69, 9.17) is 5.11 Å². The van der Waals surface area contributed by atoms with Gasteiger partial charge in [-0.25, -0.2) is 10.2 Å². The van der Waals surface area contributed by atoms with Gasteiger partial charge in [0.05, 0.1) is 11.5 Å². The molecule has 12 heavy (non-hydrogen) atoms. The summed E-state index contributed by atoms with van der Waals surface area (Å²) in [7, 11) is 1.50. The molecular weight excluding hydrogens is 164 g/mol. The third kappa shape index (κ3) is 1.24. The standard InChI is InChI=1S/C5H6N4O3/c1-9-4(7-8-12)3(2-6-9)5(10)11/h2H,1H3,(H,7,12)(H,10,11). The first kappa shape index (κ1) is 8.18. The van der Waals surface area contributed by atoms with Crippen molar-refractivity contribution in [2.45, 2.75) is 0 Å². The minimum Gasteiger partial charge on any atom is -0.477 e. The van der Waals surface area contributed by atoms with Crippen molar-refractivity contribution in [2.24, 2.45) is 12.3 Å². The molecule has 0 aromatic carbocycles. The number of nitrogens with zero attached hydrogens (tertiary/aromatic N) is 3. The summed E-state index contributed by atoms with van der Waals surface area (Å²) in [5.74, 6) is -1.09. The number of carboxylic acids is 1. The second-order valence-corrected chi connectivity index (χ2v) is 2.04. The first-order valence-electron chi connectivity index (χ1n) is 3.00. The molecule has 2 N–H and O–H groups in total. The molecule has 1 aromatic rings. The van der Waals surface area contributed by atoms with Crippen molar-refractivity contribution >= 4 is 11.8 Å². The number of hydrogen-bond donors (Lipinski definition) is 2. The molecule has 7 heteroatoms. The predicted molar refractivity (Wildman–Crippen MR) is 39.6 cm³/mol. The van der Waals surface area contributed by atoms with E-state index in [1.165, 1.54) is 11.7 Å². The lowest BCUT2D eigenvalue weighted by Gasteiger charge is -1.97. The van der Waals surface area contributed by atoms with Gasteiger partial charge in [0.25, 0.3) is 0 Å². The number of rotatable bonds is 3. The van der Waals surface area contributed by atoms with Crippen LogP contribution in [0.2, 0.25) is 0 Å². The Morgan fingerprint density at radius 3 is 3.00 bits per heavy atom. The number of hydrogen-bond acceptors (Lipinski definition) is 4. The Hall–Kier alpha value is -1.92. The van der Waals surface area contributed by atoms with E-state index in [-0.39, 0.29) is 11.4 Å². The first-order chi connectivity index (χ1) is 5.66. The monoisotopic (exact) mass is 170 g/mol. The molecule has 1 aromatic heterocycles. The van der Waals surface area contributed by atoms with Crippen molar-refractivity contribution in [3.8, 4) is 0 Å². The van der Waals surface area contributed by atoms with Crippen LogP contribution in [0.5, 0.6) is 0 Å². The maximum atomic E-state index is 10.5. The Balaban J connectivity index is 3.11. The molecule has 0 saturated heterocycles. The van der Waals surface area contributed by atoms with Crippen molar-refractivity contribution in [3.05, 3.63) is 16.7 Å². The van der Waals surface area contributed by atoms with Crippen LogP contribution in [-0.4, -0.2) is 20.9 Å². The van der Waals surface area contributed by atoms with Gasteiger partial charge in [0, 0.05) is 7.05 Å². The van der Waals surface area contributed by atoms with E-state index in [2.05, 4.69) is 10.4 Å². The van der Waals surface area contributed by atoms with Crippen molar-refractivity contribution in [3.63, 3.8) is 0 Å². The zero-order valence-corrected chi connectivity index (χ0v) is 6.18. The van der Waals surface area contributed by atoms with E-state index in [1.54, 1.807) is 0 Å². The molecule has 0 unspecified atom stereocenters. The number of nitroso groups, excluding NO2 is 1. The highest BCUT2D eigenvalue weighted by Gasteiger charge is 2.14. The van der Waals surface area contributed by atoms with Crippen LogP contribution in [0.1, 0.15) is 10.4 Å². The molecule has 0 aliphatic rings. The molecule has 1 heterocycles. The van der Waals surface area contributed by atoms with Gasteiger partial charge in [-0.3, -0.25) is 4.68 Å². The SMILES string of the molecule is Cn1ncc(C(=O)O)c1NN=O. The number of aromatic nitrogens is 2. The summed E-state index contributed by atoms with van der Waals surface area (Å²) in [4.78, 5) is 20.3. The molecular formula is C5H6N4O3. The molecule has 7 nitrogen and oxygen atoms in total. The number of carbonyl (C=O) groups is 1. The minimum atomic E-state index is -1.16. The zero-order valence-electron chi connectivity index (χ0n) is 6.18. The van der Waals surface area contributed by atoms with Crippen LogP contribution in [0, 0.1) is 4.91 Å². The van der Waals surface area contributed by atoms with Crippen LogP contribution in [0.3, 0.4) is 0 Å². The predicted octanol–water partition coefficient (Wildman–Crippen LogP) is 0.212. The van der Waals surface area contributed by atoms with E-state index < -0.39 is 5.97 Å². The van der Waals surface area contributed by atoms with Gasteiger partial charge in [-0.05, 0) is 0 Å². The van der Waals surface area contributed by atoms with Gasteiger partial charge in [-0.1, -0.05) is 0 Å². The van der Waals surface area contributed by atoms with E-state index in [0.717, 1.165) is 6.20 Å². The average molecular weight is 170 g/mol. The van der Waals surface area contributed by atoms with Crippen LogP contribution in [0.25, 0.3) is 0 Å². The second kappa shape index (κ2) is 2.99. The van der Waals surface area contributed by atoms with Crippen LogP contribution in [0.4, 0.5) is 5.82 Å². The maximum absolute atomic E-state index is 10.5. The largest absolute Gasteiger partial charge is 0.477 e. The topological polar surface area (TPSA) is 96.6 Å². The number of anilines is 1. The third-order valence-electron chi connectivity index (χ3n) is 1.32. The Morgan fingerprint density at radius 2 is 2.50 bits per heavy atom. The van der Waals surface area contributed by atoms with Gasteiger partial charge in [0.1, 0.15) is 5.56 Å². The van der Waals surface area contributed by atoms with Crippen LogP contribution in [-0.2, 0) is 7.05 Å².